The molecule has 11 rings (SSSR count). The van der Waals surface area contributed by atoms with Gasteiger partial charge in [-0.15, -0.1) is 0 Å². The van der Waals surface area contributed by atoms with Crippen LogP contribution >= 0.6 is 8.01 Å². The maximum Gasteiger partial charge on any atom is 0.254 e. The second-order valence-electron chi connectivity index (χ2n) is 18.2. The molecular formula is C63H51O2P. The maximum absolute atomic E-state index is 7.86. The van der Waals surface area contributed by atoms with E-state index in [0.717, 1.165) is 99.2 Å². The lowest BCUT2D eigenvalue weighted by molar-refractivity contribution is 0.648. The number of fused-ring (bicyclic) bond motifs is 7. The molecule has 1 aromatic heterocycles. The highest BCUT2D eigenvalue weighted by Gasteiger charge is 2.32. The molecule has 0 spiro atoms. The van der Waals surface area contributed by atoms with E-state index in [2.05, 4.69) is 230 Å². The fourth-order valence-corrected chi connectivity index (χ4v) is 11.8. The van der Waals surface area contributed by atoms with E-state index < -0.39 is 8.01 Å². The standard InChI is InChI=1S/C63H51O2P/c1-38-16-26-45(27-17-38)54-55(46-28-18-39(2)19-29-46)57(48-32-22-41(4)23-33-48)63(58(49-34-24-42(5)25-35-49)56(54)47-30-20-40(3)21-31-47)66-64-61-43(6)36-50-12-8-10-14-52(50)59(61)60-53-15-11-9-13-51(53)37-44(7)62(60)65-66/h8-37H,1-7H3. The fraction of sp³-hybridized carbons (Fsp3) is 0.111. The van der Waals surface area contributed by atoms with Gasteiger partial charge in [0.15, 0.2) is 0 Å². The quantitative estimate of drug-likeness (QED) is 0.166. The van der Waals surface area contributed by atoms with Crippen LogP contribution in [0.3, 0.4) is 0 Å². The van der Waals surface area contributed by atoms with Crippen LogP contribution < -0.4 is 0 Å². The van der Waals surface area contributed by atoms with Gasteiger partial charge in [-0.1, -0.05) is 198 Å². The van der Waals surface area contributed by atoms with Crippen molar-refractivity contribution >= 4 is 51.5 Å². The normalized spacial score (nSPS) is 11.6. The molecule has 0 unspecified atom stereocenters. The first-order valence-electron chi connectivity index (χ1n) is 22.9. The lowest BCUT2D eigenvalue weighted by Crippen LogP contribution is -2.01. The zero-order valence-corrected chi connectivity index (χ0v) is 39.5. The summed E-state index contributed by atoms with van der Waals surface area (Å²) in [5.41, 5.74) is 21.2. The molecule has 320 valence electrons. The number of hydrogen-bond donors (Lipinski definition) is 0. The first kappa shape index (κ1) is 41.3. The number of aryl methyl sites for hydroxylation is 7. The summed E-state index contributed by atoms with van der Waals surface area (Å²) in [5.74, 6) is 0. The molecule has 0 aliphatic carbocycles. The van der Waals surface area contributed by atoms with Gasteiger partial charge in [-0.3, -0.25) is 0 Å². The van der Waals surface area contributed by atoms with Gasteiger partial charge in [-0.2, -0.15) is 0 Å². The van der Waals surface area contributed by atoms with Gasteiger partial charge in [-0.25, -0.2) is 0 Å². The van der Waals surface area contributed by atoms with E-state index in [1.54, 1.807) is 0 Å². The molecule has 66 heavy (non-hydrogen) atoms. The summed E-state index contributed by atoms with van der Waals surface area (Å²) in [6, 6.07) is 67.4. The van der Waals surface area contributed by atoms with E-state index in [1.165, 1.54) is 44.2 Å². The van der Waals surface area contributed by atoms with Crippen molar-refractivity contribution in [1.29, 1.82) is 0 Å². The van der Waals surface area contributed by atoms with Crippen molar-refractivity contribution in [3.63, 3.8) is 0 Å². The van der Waals surface area contributed by atoms with Gasteiger partial charge in [0.05, 0.1) is 5.30 Å². The van der Waals surface area contributed by atoms with Crippen LogP contribution in [0.25, 0.3) is 104 Å². The lowest BCUT2D eigenvalue weighted by atomic mass is 9.78. The zero-order valence-electron chi connectivity index (χ0n) is 38.6. The molecule has 0 radical (unpaired) electrons. The molecule has 2 nitrogen and oxygen atoms in total. The van der Waals surface area contributed by atoms with E-state index in [0.29, 0.717) is 0 Å². The Morgan fingerprint density at radius 2 is 0.576 bits per heavy atom. The van der Waals surface area contributed by atoms with Gasteiger partial charge in [-0.05, 0) is 138 Å². The van der Waals surface area contributed by atoms with Crippen LogP contribution in [0.5, 0.6) is 0 Å². The monoisotopic (exact) mass is 870 g/mol. The molecule has 0 bridgehead atoms. The smallest absolute Gasteiger partial charge is 0.254 e. The van der Waals surface area contributed by atoms with Gasteiger partial charge in [0, 0.05) is 21.9 Å². The molecule has 3 heteroatoms. The second kappa shape index (κ2) is 16.6. The van der Waals surface area contributed by atoms with E-state index in [9.17, 15) is 0 Å². The van der Waals surface area contributed by atoms with Gasteiger partial charge in [0.1, 0.15) is 11.2 Å². The summed E-state index contributed by atoms with van der Waals surface area (Å²) in [6.07, 6.45) is 0. The van der Waals surface area contributed by atoms with Crippen LogP contribution in [0, 0.1) is 48.5 Å². The molecule has 0 amide bonds. The van der Waals surface area contributed by atoms with Crippen molar-refractivity contribution in [2.75, 3.05) is 0 Å². The Morgan fingerprint density at radius 3 is 0.894 bits per heavy atom. The Hall–Kier alpha value is -7.38. The van der Waals surface area contributed by atoms with Crippen LogP contribution in [-0.2, 0) is 0 Å². The van der Waals surface area contributed by atoms with E-state index in [-0.39, 0.29) is 0 Å². The summed E-state index contributed by atoms with van der Waals surface area (Å²) >= 11 is 0. The molecule has 0 aliphatic rings. The lowest BCUT2D eigenvalue weighted by Gasteiger charge is -2.27. The predicted octanol–water partition coefficient (Wildman–Crippen LogP) is 19.1. The van der Waals surface area contributed by atoms with Crippen LogP contribution in [0.1, 0.15) is 38.9 Å². The third-order valence-electron chi connectivity index (χ3n) is 13.3. The molecule has 0 atom stereocenters. The highest BCUT2D eigenvalue weighted by molar-refractivity contribution is 7.46. The number of hydrogen-bond acceptors (Lipinski definition) is 2. The number of benzene rings is 10. The summed E-state index contributed by atoms with van der Waals surface area (Å²) in [5, 5.41) is 7.82. The molecule has 11 aromatic rings. The van der Waals surface area contributed by atoms with Crippen LogP contribution in [-0.4, -0.2) is 0 Å². The summed E-state index contributed by atoms with van der Waals surface area (Å²) in [4.78, 5) is 0. The molecule has 1 heterocycles. The molecule has 10 aromatic carbocycles. The Kier molecular flexibility index (Phi) is 10.4. The van der Waals surface area contributed by atoms with Gasteiger partial charge in [0.2, 0.25) is 0 Å². The summed E-state index contributed by atoms with van der Waals surface area (Å²) < 4.78 is 15.7. The van der Waals surface area contributed by atoms with Crippen molar-refractivity contribution in [3.05, 3.63) is 221 Å². The van der Waals surface area contributed by atoms with Crippen molar-refractivity contribution in [2.45, 2.75) is 48.5 Å². The molecular weight excluding hydrogens is 820 g/mol. The van der Waals surface area contributed by atoms with Crippen LogP contribution in [0.15, 0.2) is 190 Å². The highest BCUT2D eigenvalue weighted by atomic mass is 31.1. The second-order valence-corrected chi connectivity index (χ2v) is 19.6. The molecule has 0 saturated heterocycles. The highest BCUT2D eigenvalue weighted by Crippen LogP contribution is 2.61. The SMILES string of the molecule is Cc1ccc(-c2c(-c3ccc(C)cc3)c(-c3ccc(C)cc3)c(-p3oc4c(C)cc5ccccc5c4c4c(o3)c(C)cc3ccccc34)c(-c3ccc(C)cc3)c2-c2ccc(C)cc2)cc1. The van der Waals surface area contributed by atoms with Crippen molar-refractivity contribution in [2.24, 2.45) is 0 Å². The average Bonchev–Trinajstić information content (AvgIpc) is 3.51. The zero-order chi connectivity index (χ0) is 45.2. The first-order chi connectivity index (χ1) is 32.1. The van der Waals surface area contributed by atoms with Crippen molar-refractivity contribution in [3.8, 4) is 60.9 Å². The van der Waals surface area contributed by atoms with E-state index in [1.807, 2.05) is 0 Å². The fourth-order valence-electron chi connectivity index (χ4n) is 9.89. The minimum Gasteiger partial charge on any atom is -0.415 e. The van der Waals surface area contributed by atoms with Crippen molar-refractivity contribution in [1.82, 2.24) is 0 Å². The summed E-state index contributed by atoms with van der Waals surface area (Å²) in [7, 11) is -1.93. The first-order valence-corrected chi connectivity index (χ1v) is 24.1. The van der Waals surface area contributed by atoms with Crippen molar-refractivity contribution < 1.29 is 8.39 Å². The van der Waals surface area contributed by atoms with Gasteiger partial charge in [0.25, 0.3) is 8.01 Å². The Bertz CT molecular complexity index is 3490. The molecule has 0 aliphatic heterocycles. The van der Waals surface area contributed by atoms with E-state index >= 15 is 0 Å². The predicted molar refractivity (Wildman–Crippen MR) is 283 cm³/mol. The van der Waals surface area contributed by atoms with Crippen LogP contribution in [0.4, 0.5) is 0 Å². The minimum atomic E-state index is -1.93. The molecule has 0 N–H and O–H groups in total. The average molecular weight is 871 g/mol. The topological polar surface area (TPSA) is 26.3 Å². The Morgan fingerprint density at radius 1 is 0.303 bits per heavy atom. The maximum atomic E-state index is 7.86. The third kappa shape index (κ3) is 7.14. The van der Waals surface area contributed by atoms with Gasteiger partial charge < -0.3 is 8.39 Å². The summed E-state index contributed by atoms with van der Waals surface area (Å²) in [6.45, 7) is 15.2. The van der Waals surface area contributed by atoms with Gasteiger partial charge >= 0.3 is 0 Å². The third-order valence-corrected chi connectivity index (χ3v) is 14.8. The Balaban J connectivity index is 1.48. The van der Waals surface area contributed by atoms with E-state index in [4.69, 9.17) is 8.39 Å². The molecule has 0 fully saturated rings. The van der Waals surface area contributed by atoms with Crippen LogP contribution in [0.2, 0.25) is 0 Å². The minimum absolute atomic E-state index is 0.857. The molecule has 0 saturated carbocycles. The largest absolute Gasteiger partial charge is 0.415 e. The number of rotatable bonds is 6. The Labute approximate surface area is 388 Å².